The highest BCUT2D eigenvalue weighted by atomic mass is 32.1. The quantitative estimate of drug-likeness (QED) is 0.874. The molecule has 0 spiro atoms. The van der Waals surface area contributed by atoms with Gasteiger partial charge in [-0.05, 0) is 61.0 Å². The molecule has 5 heteroatoms. The predicted octanol–water partition coefficient (Wildman–Crippen LogP) is 4.25. The van der Waals surface area contributed by atoms with Crippen molar-refractivity contribution in [3.63, 3.8) is 0 Å². The summed E-state index contributed by atoms with van der Waals surface area (Å²) in [6.45, 7) is 0. The van der Waals surface area contributed by atoms with Gasteiger partial charge in [-0.3, -0.25) is 0 Å². The zero-order chi connectivity index (χ0) is 13.9. The van der Waals surface area contributed by atoms with Crippen molar-refractivity contribution in [1.82, 2.24) is 5.32 Å². The Kier molecular flexibility index (Phi) is 4.90. The topological polar surface area (TPSA) is 12.0 Å². The summed E-state index contributed by atoms with van der Waals surface area (Å²) in [5.41, 5.74) is 1.22. The molecule has 1 saturated carbocycles. The Balaban J connectivity index is 1.98. The normalized spacial score (nSPS) is 26.3. The van der Waals surface area contributed by atoms with Gasteiger partial charge in [-0.15, -0.1) is 0 Å². The van der Waals surface area contributed by atoms with Crippen molar-refractivity contribution in [3.05, 3.63) is 22.4 Å². The summed E-state index contributed by atoms with van der Waals surface area (Å²) >= 11 is 1.64. The summed E-state index contributed by atoms with van der Waals surface area (Å²) < 4.78 is 38.5. The third kappa shape index (κ3) is 3.96. The summed E-state index contributed by atoms with van der Waals surface area (Å²) in [5, 5.41) is 7.31. The van der Waals surface area contributed by atoms with Gasteiger partial charge in [0, 0.05) is 6.04 Å². The first kappa shape index (κ1) is 14.9. The Morgan fingerprint density at radius 3 is 2.79 bits per heavy atom. The highest BCUT2D eigenvalue weighted by Gasteiger charge is 2.43. The number of hydrogen-bond acceptors (Lipinski definition) is 2. The smallest absolute Gasteiger partial charge is 0.316 e. The lowest BCUT2D eigenvalue weighted by molar-refractivity contribution is -0.186. The molecule has 1 aliphatic carbocycles. The van der Waals surface area contributed by atoms with E-state index in [9.17, 15) is 13.2 Å². The van der Waals surface area contributed by atoms with Crippen LogP contribution in [0, 0.1) is 11.8 Å². The van der Waals surface area contributed by atoms with E-state index in [4.69, 9.17) is 0 Å². The number of rotatable bonds is 4. The molecule has 2 rings (SSSR count). The lowest BCUT2D eigenvalue weighted by atomic mass is 9.76. The van der Waals surface area contributed by atoms with Crippen molar-refractivity contribution in [1.29, 1.82) is 0 Å². The van der Waals surface area contributed by atoms with Gasteiger partial charge in [0.2, 0.25) is 0 Å². The van der Waals surface area contributed by atoms with E-state index in [1.807, 2.05) is 12.4 Å². The zero-order valence-electron chi connectivity index (χ0n) is 11.0. The van der Waals surface area contributed by atoms with Crippen LogP contribution in [0.25, 0.3) is 0 Å². The summed E-state index contributed by atoms with van der Waals surface area (Å²) in [4.78, 5) is 0. The fraction of sp³-hybridized carbons (Fsp3) is 0.714. The minimum atomic E-state index is -4.03. The minimum Gasteiger partial charge on any atom is -0.316 e. The second-order valence-corrected chi connectivity index (χ2v) is 6.18. The van der Waals surface area contributed by atoms with Crippen LogP contribution in [-0.2, 0) is 6.42 Å². The molecule has 19 heavy (non-hydrogen) atoms. The van der Waals surface area contributed by atoms with Gasteiger partial charge in [0.25, 0.3) is 0 Å². The summed E-state index contributed by atoms with van der Waals surface area (Å²) in [5.74, 6) is -0.977. The summed E-state index contributed by atoms with van der Waals surface area (Å²) in [6, 6.07) is 2.21. The number of alkyl halides is 3. The molecule has 1 aromatic heterocycles. The molecule has 0 aliphatic heterocycles. The van der Waals surface area contributed by atoms with Crippen LogP contribution in [0.4, 0.5) is 13.2 Å². The molecule has 0 saturated heterocycles. The van der Waals surface area contributed by atoms with Gasteiger partial charge in [-0.25, -0.2) is 0 Å². The third-order valence-electron chi connectivity index (χ3n) is 4.15. The highest BCUT2D eigenvalue weighted by Crippen LogP contribution is 2.41. The Morgan fingerprint density at radius 1 is 1.42 bits per heavy atom. The molecular formula is C14H20F3NS. The van der Waals surface area contributed by atoms with Crippen molar-refractivity contribution in [2.75, 3.05) is 7.05 Å². The molecule has 0 aromatic carbocycles. The Hall–Kier alpha value is -0.550. The van der Waals surface area contributed by atoms with Gasteiger partial charge in [0.1, 0.15) is 0 Å². The predicted molar refractivity (Wildman–Crippen MR) is 72.4 cm³/mol. The average molecular weight is 291 g/mol. The monoisotopic (exact) mass is 291 g/mol. The largest absolute Gasteiger partial charge is 0.391 e. The Labute approximate surface area is 116 Å². The van der Waals surface area contributed by atoms with Crippen LogP contribution in [0.15, 0.2) is 16.8 Å². The number of hydrogen-bond donors (Lipinski definition) is 1. The van der Waals surface area contributed by atoms with Crippen LogP contribution in [0.5, 0.6) is 0 Å². The number of likely N-dealkylation sites (N-methyl/N-ethyl adjacent to an activating group) is 1. The van der Waals surface area contributed by atoms with Crippen LogP contribution in [0.1, 0.15) is 31.2 Å². The van der Waals surface area contributed by atoms with Crippen molar-refractivity contribution in [2.45, 2.75) is 44.3 Å². The number of nitrogens with one attached hydrogen (secondary N) is 1. The maximum Gasteiger partial charge on any atom is 0.391 e. The SMILES string of the molecule is CNC(Cc1ccsc1)C1CCCC(C(F)(F)F)C1. The van der Waals surface area contributed by atoms with Gasteiger partial charge in [0.15, 0.2) is 0 Å². The first-order valence-electron chi connectivity index (χ1n) is 6.75. The van der Waals surface area contributed by atoms with Crippen molar-refractivity contribution in [2.24, 2.45) is 11.8 Å². The van der Waals surface area contributed by atoms with E-state index in [2.05, 4.69) is 16.8 Å². The van der Waals surface area contributed by atoms with Crippen molar-refractivity contribution < 1.29 is 13.2 Å². The molecule has 0 radical (unpaired) electrons. The van der Waals surface area contributed by atoms with E-state index in [1.54, 1.807) is 11.3 Å². The van der Waals surface area contributed by atoms with E-state index < -0.39 is 12.1 Å². The van der Waals surface area contributed by atoms with Gasteiger partial charge in [-0.2, -0.15) is 24.5 Å². The Morgan fingerprint density at radius 2 is 2.21 bits per heavy atom. The van der Waals surface area contributed by atoms with Gasteiger partial charge in [-0.1, -0.05) is 6.42 Å². The molecule has 1 nitrogen and oxygen atoms in total. The van der Waals surface area contributed by atoms with Crippen molar-refractivity contribution >= 4 is 11.3 Å². The molecule has 3 unspecified atom stereocenters. The summed E-state index contributed by atoms with van der Waals surface area (Å²) in [6.07, 6.45) is -1.03. The maximum atomic E-state index is 12.8. The molecular weight excluding hydrogens is 271 g/mol. The van der Waals surface area contributed by atoms with Crippen LogP contribution in [-0.4, -0.2) is 19.3 Å². The van der Waals surface area contributed by atoms with Crippen molar-refractivity contribution in [3.8, 4) is 0 Å². The molecule has 1 heterocycles. The standard InChI is InChI=1S/C14H20F3NS/c1-18-13(7-10-5-6-19-9-10)11-3-2-4-12(8-11)14(15,16)17/h5-6,9,11-13,18H,2-4,7-8H2,1H3. The fourth-order valence-electron chi connectivity index (χ4n) is 3.06. The molecule has 0 amide bonds. The molecule has 1 aromatic rings. The number of thiophene rings is 1. The average Bonchev–Trinajstić information content (AvgIpc) is 2.88. The molecule has 108 valence electrons. The first-order valence-corrected chi connectivity index (χ1v) is 7.70. The van der Waals surface area contributed by atoms with E-state index in [0.29, 0.717) is 12.8 Å². The first-order chi connectivity index (χ1) is 9.00. The third-order valence-corrected chi connectivity index (χ3v) is 4.89. The Bertz CT molecular complexity index is 375. The molecule has 1 aliphatic rings. The second-order valence-electron chi connectivity index (χ2n) is 5.40. The molecule has 1 fully saturated rings. The van der Waals surface area contributed by atoms with E-state index in [1.165, 1.54) is 5.56 Å². The molecule has 1 N–H and O–H groups in total. The van der Waals surface area contributed by atoms with Crippen LogP contribution in [0.2, 0.25) is 0 Å². The van der Waals surface area contributed by atoms with Gasteiger partial charge in [0.05, 0.1) is 5.92 Å². The highest BCUT2D eigenvalue weighted by molar-refractivity contribution is 7.07. The van der Waals surface area contributed by atoms with E-state index in [-0.39, 0.29) is 18.4 Å². The van der Waals surface area contributed by atoms with Gasteiger partial charge >= 0.3 is 6.18 Å². The van der Waals surface area contributed by atoms with Crippen LogP contribution >= 0.6 is 11.3 Å². The number of halogens is 3. The fourth-order valence-corrected chi connectivity index (χ4v) is 3.74. The molecule has 3 atom stereocenters. The maximum absolute atomic E-state index is 12.8. The zero-order valence-corrected chi connectivity index (χ0v) is 11.9. The minimum absolute atomic E-state index is 0.130. The lowest BCUT2D eigenvalue weighted by Gasteiger charge is -2.35. The summed E-state index contributed by atoms with van der Waals surface area (Å²) in [7, 11) is 1.86. The van der Waals surface area contributed by atoms with Crippen LogP contribution in [0.3, 0.4) is 0 Å². The van der Waals surface area contributed by atoms with E-state index >= 15 is 0 Å². The van der Waals surface area contributed by atoms with Gasteiger partial charge < -0.3 is 5.32 Å². The van der Waals surface area contributed by atoms with Crippen LogP contribution < -0.4 is 5.32 Å². The lowest BCUT2D eigenvalue weighted by Crippen LogP contribution is -2.40. The van der Waals surface area contributed by atoms with E-state index in [0.717, 1.165) is 12.8 Å². The molecule has 0 bridgehead atoms. The second kappa shape index (κ2) is 6.27.